The number of amides is 1. The van der Waals surface area contributed by atoms with Crippen molar-refractivity contribution in [3.63, 3.8) is 0 Å². The van der Waals surface area contributed by atoms with Gasteiger partial charge < -0.3 is 9.67 Å². The molecule has 3 rings (SSSR count). The van der Waals surface area contributed by atoms with Gasteiger partial charge in [0.05, 0.1) is 6.21 Å². The molecule has 0 saturated heterocycles. The molecule has 110 valence electrons. The van der Waals surface area contributed by atoms with Crippen molar-refractivity contribution in [2.75, 3.05) is 0 Å². The van der Waals surface area contributed by atoms with Crippen LogP contribution in [0.15, 0.2) is 59.7 Å². The van der Waals surface area contributed by atoms with Crippen molar-refractivity contribution in [1.29, 1.82) is 0 Å². The summed E-state index contributed by atoms with van der Waals surface area (Å²) in [5, 5.41) is 14.3. The fourth-order valence-electron chi connectivity index (χ4n) is 2.33. The van der Waals surface area contributed by atoms with Crippen molar-refractivity contribution in [3.8, 4) is 5.75 Å². The largest absolute Gasteiger partial charge is 0.508 e. The van der Waals surface area contributed by atoms with Crippen LogP contribution in [0.3, 0.4) is 0 Å². The van der Waals surface area contributed by atoms with Crippen molar-refractivity contribution >= 4 is 23.0 Å². The first kappa shape index (κ1) is 13.9. The maximum absolute atomic E-state index is 12.2. The van der Waals surface area contributed by atoms with E-state index in [1.54, 1.807) is 24.3 Å². The highest BCUT2D eigenvalue weighted by Crippen LogP contribution is 2.18. The van der Waals surface area contributed by atoms with E-state index in [0.29, 0.717) is 11.3 Å². The van der Waals surface area contributed by atoms with Crippen LogP contribution in [0.25, 0.3) is 10.9 Å². The Labute approximate surface area is 127 Å². The van der Waals surface area contributed by atoms with E-state index in [0.717, 1.165) is 10.9 Å². The third-order valence-corrected chi connectivity index (χ3v) is 3.43. The van der Waals surface area contributed by atoms with Crippen LogP contribution in [0.1, 0.15) is 16.1 Å². The summed E-state index contributed by atoms with van der Waals surface area (Å²) in [6.07, 6.45) is 1.49. The number of aryl methyl sites for hydroxylation is 1. The standard InChI is InChI=1S/C17H15N3O2/c1-20-15-8-3-2-6-13(15)10-16(20)17(22)19-18-11-12-5-4-7-14(21)9-12/h2-11,21H,1H3,(H,19,22)/b18-11+. The number of carbonyl (C=O) groups is 1. The van der Waals surface area contributed by atoms with Crippen molar-refractivity contribution in [3.05, 3.63) is 65.9 Å². The van der Waals surface area contributed by atoms with Gasteiger partial charge in [0, 0.05) is 18.0 Å². The lowest BCUT2D eigenvalue weighted by Crippen LogP contribution is -2.20. The zero-order valence-corrected chi connectivity index (χ0v) is 12.0. The van der Waals surface area contributed by atoms with Crippen molar-refractivity contribution in [2.45, 2.75) is 0 Å². The molecule has 22 heavy (non-hydrogen) atoms. The number of phenols is 1. The zero-order chi connectivity index (χ0) is 15.5. The fraction of sp³-hybridized carbons (Fsp3) is 0.0588. The van der Waals surface area contributed by atoms with Gasteiger partial charge in [0.2, 0.25) is 0 Å². The molecular weight excluding hydrogens is 278 g/mol. The van der Waals surface area contributed by atoms with Gasteiger partial charge in [-0.05, 0) is 29.8 Å². The Kier molecular flexibility index (Phi) is 3.62. The molecule has 0 fully saturated rings. The van der Waals surface area contributed by atoms with Gasteiger partial charge in [-0.15, -0.1) is 0 Å². The first-order valence-corrected chi connectivity index (χ1v) is 6.82. The number of nitrogens with zero attached hydrogens (tertiary/aromatic N) is 2. The van der Waals surface area contributed by atoms with Crippen LogP contribution in [-0.2, 0) is 7.05 Å². The summed E-state index contributed by atoms with van der Waals surface area (Å²) in [5.74, 6) is -0.126. The van der Waals surface area contributed by atoms with E-state index in [-0.39, 0.29) is 11.7 Å². The highest BCUT2D eigenvalue weighted by atomic mass is 16.3. The molecule has 0 saturated carbocycles. The minimum atomic E-state index is -0.282. The highest BCUT2D eigenvalue weighted by Gasteiger charge is 2.11. The maximum atomic E-state index is 12.2. The zero-order valence-electron chi connectivity index (χ0n) is 12.0. The number of aromatic hydroxyl groups is 1. The lowest BCUT2D eigenvalue weighted by atomic mass is 10.2. The molecule has 0 spiro atoms. The number of carbonyl (C=O) groups excluding carboxylic acids is 1. The normalized spacial score (nSPS) is 11.1. The number of fused-ring (bicyclic) bond motifs is 1. The van der Waals surface area contributed by atoms with Crippen molar-refractivity contribution in [1.82, 2.24) is 9.99 Å². The Morgan fingerprint density at radius 1 is 1.18 bits per heavy atom. The second-order valence-electron chi connectivity index (χ2n) is 4.94. The summed E-state index contributed by atoms with van der Waals surface area (Å²) in [5.41, 5.74) is 4.73. The lowest BCUT2D eigenvalue weighted by Gasteiger charge is -2.02. The molecule has 0 bridgehead atoms. The van der Waals surface area contributed by atoms with Crippen molar-refractivity contribution < 1.29 is 9.90 Å². The van der Waals surface area contributed by atoms with Crippen LogP contribution in [0.4, 0.5) is 0 Å². The third kappa shape index (κ3) is 2.69. The summed E-state index contributed by atoms with van der Waals surface area (Å²) in [4.78, 5) is 12.2. The number of hydrazone groups is 1. The first-order valence-electron chi connectivity index (χ1n) is 6.82. The quantitative estimate of drug-likeness (QED) is 0.576. The van der Waals surface area contributed by atoms with Gasteiger partial charge >= 0.3 is 0 Å². The number of hydrogen-bond donors (Lipinski definition) is 2. The molecule has 0 radical (unpaired) electrons. The van der Waals surface area contributed by atoms with E-state index < -0.39 is 0 Å². The molecular formula is C17H15N3O2. The topological polar surface area (TPSA) is 66.6 Å². The van der Waals surface area contributed by atoms with Crippen LogP contribution in [0, 0.1) is 0 Å². The van der Waals surface area contributed by atoms with Crippen LogP contribution in [0.5, 0.6) is 5.75 Å². The molecule has 0 aliphatic heterocycles. The SMILES string of the molecule is Cn1c(C(=O)N/N=C/c2cccc(O)c2)cc2ccccc21. The summed E-state index contributed by atoms with van der Waals surface area (Å²) in [6, 6.07) is 16.2. The first-order chi connectivity index (χ1) is 10.6. The predicted octanol–water partition coefficient (Wildman–Crippen LogP) is 2.65. The molecule has 2 N–H and O–H groups in total. The molecule has 2 aromatic carbocycles. The average molecular weight is 293 g/mol. The Bertz CT molecular complexity index is 865. The summed E-state index contributed by atoms with van der Waals surface area (Å²) in [7, 11) is 1.84. The molecule has 0 aliphatic rings. The Morgan fingerprint density at radius 2 is 2.00 bits per heavy atom. The van der Waals surface area contributed by atoms with Crippen LogP contribution in [-0.4, -0.2) is 21.8 Å². The smallest absolute Gasteiger partial charge is 0.287 e. The lowest BCUT2D eigenvalue weighted by molar-refractivity contribution is 0.0947. The maximum Gasteiger partial charge on any atom is 0.287 e. The second-order valence-corrected chi connectivity index (χ2v) is 4.94. The minimum absolute atomic E-state index is 0.156. The van der Waals surface area contributed by atoms with Gasteiger partial charge in [0.15, 0.2) is 0 Å². The number of benzene rings is 2. The summed E-state index contributed by atoms with van der Waals surface area (Å²) < 4.78 is 1.83. The highest BCUT2D eigenvalue weighted by molar-refractivity contribution is 5.99. The Hall–Kier alpha value is -3.08. The molecule has 0 atom stereocenters. The number of hydrogen-bond acceptors (Lipinski definition) is 3. The number of phenolic OH excluding ortho intramolecular Hbond substituents is 1. The number of nitrogens with one attached hydrogen (secondary N) is 1. The molecule has 1 heterocycles. The van der Waals surface area contributed by atoms with Crippen LogP contribution < -0.4 is 5.43 Å². The second kappa shape index (κ2) is 5.73. The number of rotatable bonds is 3. The van der Waals surface area contributed by atoms with Gasteiger partial charge in [-0.25, -0.2) is 5.43 Å². The summed E-state index contributed by atoms with van der Waals surface area (Å²) in [6.45, 7) is 0. The fourth-order valence-corrected chi connectivity index (χ4v) is 2.33. The predicted molar refractivity (Wildman–Crippen MR) is 86.1 cm³/mol. The number of aromatic nitrogens is 1. The number of para-hydroxylation sites is 1. The van der Waals surface area contributed by atoms with Crippen LogP contribution >= 0.6 is 0 Å². The molecule has 1 amide bonds. The third-order valence-electron chi connectivity index (χ3n) is 3.43. The molecule has 5 heteroatoms. The minimum Gasteiger partial charge on any atom is -0.508 e. The Balaban J connectivity index is 1.77. The van der Waals surface area contributed by atoms with E-state index in [4.69, 9.17) is 0 Å². The molecule has 3 aromatic rings. The van der Waals surface area contributed by atoms with E-state index >= 15 is 0 Å². The molecule has 1 aromatic heterocycles. The van der Waals surface area contributed by atoms with E-state index in [1.807, 2.05) is 41.9 Å². The van der Waals surface area contributed by atoms with E-state index in [2.05, 4.69) is 10.5 Å². The van der Waals surface area contributed by atoms with Crippen LogP contribution in [0.2, 0.25) is 0 Å². The van der Waals surface area contributed by atoms with Gasteiger partial charge in [0.25, 0.3) is 5.91 Å². The monoisotopic (exact) mass is 293 g/mol. The van der Waals surface area contributed by atoms with Crippen molar-refractivity contribution in [2.24, 2.45) is 12.1 Å². The van der Waals surface area contributed by atoms with Gasteiger partial charge in [-0.3, -0.25) is 4.79 Å². The van der Waals surface area contributed by atoms with Gasteiger partial charge in [0.1, 0.15) is 11.4 Å². The molecule has 5 nitrogen and oxygen atoms in total. The van der Waals surface area contributed by atoms with E-state index in [9.17, 15) is 9.90 Å². The summed E-state index contributed by atoms with van der Waals surface area (Å²) >= 11 is 0. The van der Waals surface area contributed by atoms with Gasteiger partial charge in [-0.1, -0.05) is 30.3 Å². The van der Waals surface area contributed by atoms with Gasteiger partial charge in [-0.2, -0.15) is 5.10 Å². The van der Waals surface area contributed by atoms with E-state index in [1.165, 1.54) is 6.21 Å². The molecule has 0 unspecified atom stereocenters. The average Bonchev–Trinajstić information content (AvgIpc) is 2.85. The molecule has 0 aliphatic carbocycles. The Morgan fingerprint density at radius 3 is 2.77 bits per heavy atom.